The Balaban J connectivity index is 3.34. The van der Waals surface area contributed by atoms with Crippen LogP contribution in [0.5, 0.6) is 0 Å². The van der Waals surface area contributed by atoms with Crippen molar-refractivity contribution in [3.63, 3.8) is 0 Å². The number of ether oxygens (including phenoxy) is 1. The predicted molar refractivity (Wildman–Crippen MR) is 50.8 cm³/mol. The molecule has 0 aliphatic carbocycles. The third-order valence-electron chi connectivity index (χ3n) is 1.68. The molecule has 0 aliphatic heterocycles. The lowest BCUT2D eigenvalue weighted by Gasteiger charge is -2.15. The molecule has 4 nitrogen and oxygen atoms in total. The second kappa shape index (κ2) is 8.93. The summed E-state index contributed by atoms with van der Waals surface area (Å²) in [4.78, 5) is 0. The summed E-state index contributed by atoms with van der Waals surface area (Å²) in [5, 5.41) is 0. The van der Waals surface area contributed by atoms with Crippen molar-refractivity contribution in [2.75, 3.05) is 26.2 Å². The van der Waals surface area contributed by atoms with Crippen molar-refractivity contribution in [3.05, 3.63) is 0 Å². The zero-order valence-corrected chi connectivity index (χ0v) is 7.67. The van der Waals surface area contributed by atoms with E-state index < -0.39 is 0 Å². The van der Waals surface area contributed by atoms with Gasteiger partial charge in [-0.2, -0.15) is 0 Å². The lowest BCUT2D eigenvalue weighted by Crippen LogP contribution is -2.22. The molecule has 0 aromatic heterocycles. The van der Waals surface area contributed by atoms with Crippen molar-refractivity contribution in [3.8, 4) is 0 Å². The molecule has 0 aromatic rings. The van der Waals surface area contributed by atoms with E-state index in [1.807, 2.05) is 0 Å². The summed E-state index contributed by atoms with van der Waals surface area (Å²) >= 11 is 0. The maximum atomic E-state index is 5.52. The Labute approximate surface area is 74.4 Å². The fourth-order valence-electron chi connectivity index (χ4n) is 1.02. The summed E-state index contributed by atoms with van der Waals surface area (Å²) in [6.07, 6.45) is 2.92. The Morgan fingerprint density at radius 1 is 0.917 bits per heavy atom. The topological polar surface area (TPSA) is 87.3 Å². The molecule has 6 N–H and O–H groups in total. The molecule has 0 saturated carbocycles. The van der Waals surface area contributed by atoms with Gasteiger partial charge in [-0.15, -0.1) is 0 Å². The van der Waals surface area contributed by atoms with Gasteiger partial charge in [-0.1, -0.05) is 0 Å². The van der Waals surface area contributed by atoms with Gasteiger partial charge in [0.2, 0.25) is 0 Å². The molecule has 0 atom stereocenters. The summed E-state index contributed by atoms with van der Waals surface area (Å²) in [5.41, 5.74) is 16.2. The van der Waals surface area contributed by atoms with Crippen LogP contribution in [0, 0.1) is 0 Å². The second-order valence-electron chi connectivity index (χ2n) is 2.79. The van der Waals surface area contributed by atoms with Crippen molar-refractivity contribution in [2.24, 2.45) is 17.2 Å². The molecule has 0 fully saturated rings. The third kappa shape index (κ3) is 6.54. The van der Waals surface area contributed by atoms with E-state index in [-0.39, 0.29) is 6.10 Å². The average Bonchev–Trinajstić information content (AvgIpc) is 2.06. The molecule has 0 aliphatic rings. The van der Waals surface area contributed by atoms with Crippen LogP contribution in [0.2, 0.25) is 0 Å². The van der Waals surface area contributed by atoms with Crippen LogP contribution in [0.15, 0.2) is 0 Å². The van der Waals surface area contributed by atoms with Gasteiger partial charge in [-0.25, -0.2) is 0 Å². The van der Waals surface area contributed by atoms with E-state index in [4.69, 9.17) is 21.9 Å². The largest absolute Gasteiger partial charge is 0.378 e. The zero-order valence-electron chi connectivity index (χ0n) is 7.67. The summed E-state index contributed by atoms with van der Waals surface area (Å²) in [7, 11) is 0. The van der Waals surface area contributed by atoms with Gasteiger partial charge in [0.05, 0.1) is 6.10 Å². The van der Waals surface area contributed by atoms with Gasteiger partial charge in [0.25, 0.3) is 0 Å². The Morgan fingerprint density at radius 3 is 1.92 bits per heavy atom. The van der Waals surface area contributed by atoms with Gasteiger partial charge in [-0.05, 0) is 38.9 Å². The van der Waals surface area contributed by atoms with E-state index in [0.717, 1.165) is 25.9 Å². The van der Waals surface area contributed by atoms with Crippen LogP contribution in [-0.2, 0) is 4.74 Å². The number of hydrogen-bond acceptors (Lipinski definition) is 4. The van der Waals surface area contributed by atoms with Gasteiger partial charge in [0.15, 0.2) is 0 Å². The van der Waals surface area contributed by atoms with E-state index in [0.29, 0.717) is 19.6 Å². The van der Waals surface area contributed by atoms with E-state index in [9.17, 15) is 0 Å². The minimum atomic E-state index is 0.228. The molecule has 0 bridgehead atoms. The fourth-order valence-corrected chi connectivity index (χ4v) is 1.02. The van der Waals surface area contributed by atoms with Crippen molar-refractivity contribution in [2.45, 2.75) is 25.4 Å². The maximum absolute atomic E-state index is 5.52. The first-order chi connectivity index (χ1) is 5.85. The lowest BCUT2D eigenvalue weighted by atomic mass is 10.2. The van der Waals surface area contributed by atoms with Crippen LogP contribution < -0.4 is 17.2 Å². The van der Waals surface area contributed by atoms with Gasteiger partial charge in [-0.3, -0.25) is 0 Å². The molecule has 0 heterocycles. The van der Waals surface area contributed by atoms with Crippen LogP contribution in [-0.4, -0.2) is 32.3 Å². The van der Waals surface area contributed by atoms with Crippen LogP contribution in [0.1, 0.15) is 19.3 Å². The number of nitrogens with two attached hydrogens (primary N) is 3. The number of hydrogen-bond donors (Lipinski definition) is 3. The highest BCUT2D eigenvalue weighted by atomic mass is 16.5. The Hall–Kier alpha value is -0.160. The van der Waals surface area contributed by atoms with Gasteiger partial charge in [0.1, 0.15) is 0 Å². The Bertz CT molecular complexity index is 84.4. The predicted octanol–water partition coefficient (Wildman–Crippen LogP) is -0.582. The quantitative estimate of drug-likeness (QED) is 0.431. The molecule has 0 unspecified atom stereocenters. The lowest BCUT2D eigenvalue weighted by molar-refractivity contribution is 0.0445. The van der Waals surface area contributed by atoms with E-state index in [2.05, 4.69) is 0 Å². The summed E-state index contributed by atoms with van der Waals surface area (Å²) in [6, 6.07) is 0. The summed E-state index contributed by atoms with van der Waals surface area (Å²) < 4.78 is 5.52. The molecule has 0 radical (unpaired) electrons. The minimum absolute atomic E-state index is 0.228. The normalized spacial score (nSPS) is 11.0. The van der Waals surface area contributed by atoms with Crippen molar-refractivity contribution < 1.29 is 4.74 Å². The highest BCUT2D eigenvalue weighted by Gasteiger charge is 2.05. The molecule has 0 rings (SSSR count). The van der Waals surface area contributed by atoms with Crippen LogP contribution in [0.25, 0.3) is 0 Å². The van der Waals surface area contributed by atoms with E-state index >= 15 is 0 Å². The van der Waals surface area contributed by atoms with Crippen LogP contribution in [0.4, 0.5) is 0 Å². The molecular weight excluding hydrogens is 154 g/mol. The Morgan fingerprint density at radius 2 is 1.50 bits per heavy atom. The van der Waals surface area contributed by atoms with Gasteiger partial charge < -0.3 is 21.9 Å². The Kier molecular flexibility index (Phi) is 8.81. The third-order valence-corrected chi connectivity index (χ3v) is 1.68. The maximum Gasteiger partial charge on any atom is 0.0599 e. The van der Waals surface area contributed by atoms with Crippen molar-refractivity contribution >= 4 is 0 Å². The smallest absolute Gasteiger partial charge is 0.0599 e. The molecular formula is C8H21N3O. The first kappa shape index (κ1) is 11.8. The number of rotatable bonds is 8. The van der Waals surface area contributed by atoms with Gasteiger partial charge in [0, 0.05) is 6.61 Å². The summed E-state index contributed by atoms with van der Waals surface area (Å²) in [6.45, 7) is 2.72. The van der Waals surface area contributed by atoms with E-state index in [1.54, 1.807) is 0 Å². The minimum Gasteiger partial charge on any atom is -0.378 e. The first-order valence-electron chi connectivity index (χ1n) is 4.57. The zero-order chi connectivity index (χ0) is 9.23. The molecule has 12 heavy (non-hydrogen) atoms. The van der Waals surface area contributed by atoms with Crippen molar-refractivity contribution in [1.29, 1.82) is 0 Å². The van der Waals surface area contributed by atoms with E-state index in [1.165, 1.54) is 0 Å². The van der Waals surface area contributed by atoms with Crippen LogP contribution >= 0.6 is 0 Å². The molecule has 0 aromatic carbocycles. The average molecular weight is 175 g/mol. The summed E-state index contributed by atoms with van der Waals surface area (Å²) in [5.74, 6) is 0. The van der Waals surface area contributed by atoms with Gasteiger partial charge >= 0.3 is 0 Å². The first-order valence-corrected chi connectivity index (χ1v) is 4.57. The SMILES string of the molecule is NCCCOC(CCN)CCN. The second-order valence-corrected chi connectivity index (χ2v) is 2.79. The molecule has 74 valence electrons. The van der Waals surface area contributed by atoms with Crippen molar-refractivity contribution in [1.82, 2.24) is 0 Å². The molecule has 4 heteroatoms. The molecule has 0 saturated heterocycles. The van der Waals surface area contributed by atoms with Crippen LogP contribution in [0.3, 0.4) is 0 Å². The standard InChI is InChI=1S/C8H21N3O/c9-4-1-7-12-8(2-5-10)3-6-11/h8H,1-7,9-11H2. The highest BCUT2D eigenvalue weighted by molar-refractivity contribution is 4.59. The fraction of sp³-hybridized carbons (Fsp3) is 1.00. The monoisotopic (exact) mass is 175 g/mol. The molecule has 0 spiro atoms. The molecule has 0 amide bonds. The highest BCUT2D eigenvalue weighted by Crippen LogP contribution is 2.02.